The zero-order valence-corrected chi connectivity index (χ0v) is 18.3. The van der Waals surface area contributed by atoms with E-state index in [4.69, 9.17) is 14.2 Å². The fourth-order valence-corrected chi connectivity index (χ4v) is 3.19. The molecule has 2 rings (SSSR count). The summed E-state index contributed by atoms with van der Waals surface area (Å²) in [7, 11) is 2.57. The zero-order valence-electron chi connectivity index (χ0n) is 17.1. The van der Waals surface area contributed by atoms with Crippen LogP contribution in [0.15, 0.2) is 66.9 Å². The van der Waals surface area contributed by atoms with Crippen molar-refractivity contribution < 1.29 is 23.8 Å². The zero-order chi connectivity index (χ0) is 21.6. The third-order valence-electron chi connectivity index (χ3n) is 4.36. The van der Waals surface area contributed by atoms with Crippen LogP contribution in [0, 0.1) is 0 Å². The van der Waals surface area contributed by atoms with Crippen LogP contribution in [0.1, 0.15) is 41.6 Å². The van der Waals surface area contributed by atoms with Gasteiger partial charge in [0.25, 0.3) is 0 Å². The van der Waals surface area contributed by atoms with Gasteiger partial charge in [-0.2, -0.15) is 0 Å². The molecule has 0 aliphatic heterocycles. The van der Waals surface area contributed by atoms with E-state index in [1.807, 2.05) is 30.3 Å². The molecule has 0 saturated heterocycles. The standard InChI is InChI=1S/C24H29O5P/c1-19(29-23(30)17-20-9-5-4-6-10-20)24(26)28-16-8-3-2-7-15-27-22-13-11-21(18-25)12-14-22/h4-6,9-14,18,23H,1-3,7-8,15-17,30H2. The van der Waals surface area contributed by atoms with Crippen molar-refractivity contribution in [2.75, 3.05) is 13.2 Å². The maximum atomic E-state index is 12.0. The first kappa shape index (κ1) is 23.6. The van der Waals surface area contributed by atoms with Crippen LogP contribution in [0.25, 0.3) is 0 Å². The Balaban J connectivity index is 1.49. The molecule has 2 aromatic rings. The molecule has 0 aliphatic rings. The third-order valence-corrected chi connectivity index (χ3v) is 4.73. The van der Waals surface area contributed by atoms with Gasteiger partial charge in [-0.3, -0.25) is 4.79 Å². The Morgan fingerprint density at radius 2 is 1.63 bits per heavy atom. The Morgan fingerprint density at radius 3 is 2.30 bits per heavy atom. The van der Waals surface area contributed by atoms with Gasteiger partial charge in [-0.05, 0) is 62.1 Å². The summed E-state index contributed by atoms with van der Waals surface area (Å²) < 4.78 is 16.4. The van der Waals surface area contributed by atoms with E-state index in [0.29, 0.717) is 25.2 Å². The Kier molecular flexibility index (Phi) is 10.7. The fourth-order valence-electron chi connectivity index (χ4n) is 2.75. The van der Waals surface area contributed by atoms with E-state index in [1.165, 1.54) is 0 Å². The summed E-state index contributed by atoms with van der Waals surface area (Å²) >= 11 is 0. The van der Waals surface area contributed by atoms with E-state index in [2.05, 4.69) is 15.8 Å². The lowest BCUT2D eigenvalue weighted by Crippen LogP contribution is -2.16. The van der Waals surface area contributed by atoms with Gasteiger partial charge < -0.3 is 14.2 Å². The predicted molar refractivity (Wildman–Crippen MR) is 121 cm³/mol. The Labute approximate surface area is 180 Å². The minimum absolute atomic E-state index is 0.0277. The molecule has 160 valence electrons. The number of aldehydes is 1. The monoisotopic (exact) mass is 428 g/mol. The number of hydrogen-bond donors (Lipinski definition) is 0. The van der Waals surface area contributed by atoms with Crippen molar-refractivity contribution in [2.45, 2.75) is 37.9 Å². The molecule has 0 saturated carbocycles. The number of hydrogen-bond acceptors (Lipinski definition) is 5. The smallest absolute Gasteiger partial charge is 0.372 e. The lowest BCUT2D eigenvalue weighted by Gasteiger charge is -2.15. The van der Waals surface area contributed by atoms with E-state index in [9.17, 15) is 9.59 Å². The Morgan fingerprint density at radius 1 is 0.967 bits per heavy atom. The van der Waals surface area contributed by atoms with E-state index >= 15 is 0 Å². The van der Waals surface area contributed by atoms with Crippen LogP contribution in [0.5, 0.6) is 5.75 Å². The summed E-state index contributed by atoms with van der Waals surface area (Å²) in [6.07, 6.45) is 5.08. The summed E-state index contributed by atoms with van der Waals surface area (Å²) in [5, 5.41) is 0. The minimum atomic E-state index is -0.516. The van der Waals surface area contributed by atoms with E-state index in [1.54, 1.807) is 24.3 Å². The molecule has 0 fully saturated rings. The molecule has 30 heavy (non-hydrogen) atoms. The first-order valence-corrected chi connectivity index (χ1v) is 10.8. The van der Waals surface area contributed by atoms with Gasteiger partial charge in [0.15, 0.2) is 5.76 Å². The van der Waals surface area contributed by atoms with Crippen LogP contribution in [-0.4, -0.2) is 31.3 Å². The van der Waals surface area contributed by atoms with Gasteiger partial charge in [-0.15, -0.1) is 0 Å². The maximum Gasteiger partial charge on any atom is 0.372 e. The van der Waals surface area contributed by atoms with Crippen molar-refractivity contribution in [2.24, 2.45) is 0 Å². The van der Waals surface area contributed by atoms with E-state index in [0.717, 1.165) is 43.3 Å². The molecule has 0 N–H and O–H groups in total. The van der Waals surface area contributed by atoms with Crippen LogP contribution in [-0.2, 0) is 20.7 Å². The van der Waals surface area contributed by atoms with Gasteiger partial charge in [-0.1, -0.05) is 39.6 Å². The molecule has 5 nitrogen and oxygen atoms in total. The third kappa shape index (κ3) is 9.23. The lowest BCUT2D eigenvalue weighted by molar-refractivity contribution is -0.143. The highest BCUT2D eigenvalue weighted by molar-refractivity contribution is 7.17. The maximum absolute atomic E-state index is 12.0. The minimum Gasteiger partial charge on any atom is -0.494 e. The average molecular weight is 428 g/mol. The lowest BCUT2D eigenvalue weighted by atomic mass is 10.2. The Bertz CT molecular complexity index is 789. The van der Waals surface area contributed by atoms with Crippen LogP contribution in [0.4, 0.5) is 0 Å². The van der Waals surface area contributed by atoms with Crippen molar-refractivity contribution in [3.63, 3.8) is 0 Å². The van der Waals surface area contributed by atoms with Gasteiger partial charge in [0.1, 0.15) is 17.9 Å². The molecule has 0 aliphatic carbocycles. The largest absolute Gasteiger partial charge is 0.494 e. The second kappa shape index (κ2) is 13.6. The second-order valence-corrected chi connectivity index (χ2v) is 7.60. The molecule has 6 heteroatoms. The Hall–Kier alpha value is -2.65. The molecule has 0 spiro atoms. The molecule has 2 atom stereocenters. The molecule has 2 unspecified atom stereocenters. The topological polar surface area (TPSA) is 61.8 Å². The molecule has 0 amide bonds. The summed E-state index contributed by atoms with van der Waals surface area (Å²) in [5.74, 6) is 0.0346. The SMILES string of the molecule is C=C(OC(P)Cc1ccccc1)C(=O)OCCCCCCOc1ccc(C=O)cc1. The predicted octanol–water partition coefficient (Wildman–Crippen LogP) is 4.96. The number of carbonyl (C=O) groups excluding carboxylic acids is 2. The molecule has 0 radical (unpaired) electrons. The summed E-state index contributed by atoms with van der Waals surface area (Å²) in [4.78, 5) is 22.6. The quantitative estimate of drug-likeness (QED) is 0.106. The number of esters is 1. The van der Waals surface area contributed by atoms with Gasteiger partial charge in [0.05, 0.1) is 13.2 Å². The highest BCUT2D eigenvalue weighted by Gasteiger charge is 2.14. The first-order chi connectivity index (χ1) is 14.6. The summed E-state index contributed by atoms with van der Waals surface area (Å²) in [6, 6.07) is 17.0. The van der Waals surface area contributed by atoms with Crippen LogP contribution in [0.3, 0.4) is 0 Å². The molecular formula is C24H29O5P. The van der Waals surface area contributed by atoms with Crippen molar-refractivity contribution >= 4 is 21.5 Å². The fraction of sp³-hybridized carbons (Fsp3) is 0.333. The van der Waals surface area contributed by atoms with Crippen molar-refractivity contribution in [3.05, 3.63) is 78.1 Å². The molecular weight excluding hydrogens is 399 g/mol. The van der Waals surface area contributed by atoms with Crippen LogP contribution >= 0.6 is 9.24 Å². The number of benzene rings is 2. The average Bonchev–Trinajstić information content (AvgIpc) is 2.76. The van der Waals surface area contributed by atoms with Crippen molar-refractivity contribution in [1.29, 1.82) is 0 Å². The van der Waals surface area contributed by atoms with Gasteiger partial charge in [0.2, 0.25) is 0 Å². The second-order valence-electron chi connectivity index (χ2n) is 6.85. The summed E-state index contributed by atoms with van der Waals surface area (Å²) in [6.45, 7) is 4.62. The van der Waals surface area contributed by atoms with Crippen molar-refractivity contribution in [1.82, 2.24) is 0 Å². The molecule has 0 bridgehead atoms. The first-order valence-electron chi connectivity index (χ1n) is 10.1. The van der Waals surface area contributed by atoms with Crippen LogP contribution < -0.4 is 4.74 Å². The highest BCUT2D eigenvalue weighted by Crippen LogP contribution is 2.16. The molecule has 0 aromatic heterocycles. The van der Waals surface area contributed by atoms with Gasteiger partial charge in [-0.25, -0.2) is 4.79 Å². The van der Waals surface area contributed by atoms with Crippen LogP contribution in [0.2, 0.25) is 0 Å². The molecule has 0 heterocycles. The highest BCUT2D eigenvalue weighted by atomic mass is 31.0. The normalized spacial score (nSPS) is 11.4. The number of rotatable bonds is 14. The summed E-state index contributed by atoms with van der Waals surface area (Å²) in [5.41, 5.74) is 1.76. The van der Waals surface area contributed by atoms with Crippen molar-refractivity contribution in [3.8, 4) is 5.75 Å². The van der Waals surface area contributed by atoms with Gasteiger partial charge >= 0.3 is 5.97 Å². The van der Waals surface area contributed by atoms with Gasteiger partial charge in [0, 0.05) is 12.0 Å². The number of ether oxygens (including phenoxy) is 3. The van der Waals surface area contributed by atoms with E-state index in [-0.39, 0.29) is 11.6 Å². The number of unbranched alkanes of at least 4 members (excludes halogenated alkanes) is 3. The van der Waals surface area contributed by atoms with E-state index < -0.39 is 5.97 Å². The molecule has 2 aromatic carbocycles. The number of carbonyl (C=O) groups is 2.